The minimum Gasteiger partial charge on any atom is -0.162 e. The van der Waals surface area contributed by atoms with Crippen molar-refractivity contribution < 1.29 is 0 Å². The molecule has 0 aromatic rings. The van der Waals surface area contributed by atoms with Gasteiger partial charge in [0.1, 0.15) is 0 Å². The Kier molecular flexibility index (Phi) is 7.72. The molecule has 0 aromatic heterocycles. The van der Waals surface area contributed by atoms with Gasteiger partial charge < -0.3 is 0 Å². The summed E-state index contributed by atoms with van der Waals surface area (Å²) < 4.78 is 0. The first kappa shape index (κ1) is 10.3. The molecule has 10 heavy (non-hydrogen) atoms. The molecular formula is C9H20S. The second-order valence-corrected chi connectivity index (χ2v) is 3.69. The molecule has 1 aliphatic heterocycles. The largest absolute Gasteiger partial charge is 0.162 e. The normalized spacial score (nSPS) is 19.5. The van der Waals surface area contributed by atoms with Gasteiger partial charge in [-0.25, -0.2) is 0 Å². The molecule has 1 heteroatoms. The van der Waals surface area contributed by atoms with Gasteiger partial charge in [-0.15, -0.1) is 0 Å². The molecule has 0 atom stereocenters. The first-order valence-corrected chi connectivity index (χ1v) is 5.66. The lowest BCUT2D eigenvalue weighted by Gasteiger charge is -2.18. The van der Waals surface area contributed by atoms with Crippen LogP contribution in [0.5, 0.6) is 0 Å². The SMILES string of the molecule is CC.CCC1CCSCC1. The summed E-state index contributed by atoms with van der Waals surface area (Å²) in [5.41, 5.74) is 0. The monoisotopic (exact) mass is 160 g/mol. The van der Waals surface area contributed by atoms with Crippen molar-refractivity contribution in [3.8, 4) is 0 Å². The van der Waals surface area contributed by atoms with Gasteiger partial charge in [0, 0.05) is 0 Å². The van der Waals surface area contributed by atoms with Crippen LogP contribution in [-0.4, -0.2) is 11.5 Å². The molecule has 62 valence electrons. The van der Waals surface area contributed by atoms with Crippen LogP contribution in [0.25, 0.3) is 0 Å². The van der Waals surface area contributed by atoms with Crippen LogP contribution < -0.4 is 0 Å². The highest BCUT2D eigenvalue weighted by atomic mass is 32.2. The fourth-order valence-corrected chi connectivity index (χ4v) is 2.36. The van der Waals surface area contributed by atoms with E-state index in [1.54, 1.807) is 0 Å². The van der Waals surface area contributed by atoms with Crippen molar-refractivity contribution >= 4 is 11.8 Å². The molecule has 0 spiro atoms. The molecule has 1 aliphatic rings. The van der Waals surface area contributed by atoms with Gasteiger partial charge in [0.2, 0.25) is 0 Å². The van der Waals surface area contributed by atoms with E-state index in [1.165, 1.54) is 30.8 Å². The lowest BCUT2D eigenvalue weighted by molar-refractivity contribution is 0.475. The Balaban J connectivity index is 0.000000371. The third-order valence-electron chi connectivity index (χ3n) is 1.92. The molecule has 0 saturated carbocycles. The van der Waals surface area contributed by atoms with Gasteiger partial charge in [-0.3, -0.25) is 0 Å². The van der Waals surface area contributed by atoms with Crippen molar-refractivity contribution in [1.82, 2.24) is 0 Å². The zero-order valence-corrected chi connectivity index (χ0v) is 8.34. The van der Waals surface area contributed by atoms with E-state index >= 15 is 0 Å². The van der Waals surface area contributed by atoms with Crippen LogP contribution >= 0.6 is 11.8 Å². The van der Waals surface area contributed by atoms with E-state index < -0.39 is 0 Å². The molecule has 1 saturated heterocycles. The van der Waals surface area contributed by atoms with Crippen molar-refractivity contribution in [2.45, 2.75) is 40.0 Å². The molecule has 0 nitrogen and oxygen atoms in total. The van der Waals surface area contributed by atoms with E-state index in [9.17, 15) is 0 Å². The van der Waals surface area contributed by atoms with Crippen molar-refractivity contribution in [2.24, 2.45) is 5.92 Å². The molecule has 0 aliphatic carbocycles. The summed E-state index contributed by atoms with van der Waals surface area (Å²) in [6.45, 7) is 6.31. The fraction of sp³-hybridized carbons (Fsp3) is 1.00. The van der Waals surface area contributed by atoms with Gasteiger partial charge in [-0.2, -0.15) is 11.8 Å². The number of thioether (sulfide) groups is 1. The van der Waals surface area contributed by atoms with E-state index in [0.717, 1.165) is 5.92 Å². The maximum atomic E-state index is 2.31. The summed E-state index contributed by atoms with van der Waals surface area (Å²) in [7, 11) is 0. The van der Waals surface area contributed by atoms with Gasteiger partial charge in [0.05, 0.1) is 0 Å². The summed E-state index contributed by atoms with van der Waals surface area (Å²) in [4.78, 5) is 0. The fourth-order valence-electron chi connectivity index (χ4n) is 1.15. The molecule has 0 radical (unpaired) electrons. The Morgan fingerprint density at radius 3 is 2.00 bits per heavy atom. The van der Waals surface area contributed by atoms with Crippen LogP contribution in [0, 0.1) is 5.92 Å². The standard InChI is InChI=1S/C7H14S.C2H6/c1-2-7-3-5-8-6-4-7;1-2/h7H,2-6H2,1H3;1-2H3. The lowest BCUT2D eigenvalue weighted by atomic mass is 10.0. The van der Waals surface area contributed by atoms with Crippen LogP contribution in [0.3, 0.4) is 0 Å². The Bertz CT molecular complexity index is 55.7. The first-order chi connectivity index (χ1) is 4.93. The van der Waals surface area contributed by atoms with Gasteiger partial charge in [0.15, 0.2) is 0 Å². The highest BCUT2D eigenvalue weighted by Gasteiger charge is 2.09. The maximum absolute atomic E-state index is 2.31. The lowest BCUT2D eigenvalue weighted by Crippen LogP contribution is -2.07. The average molecular weight is 160 g/mol. The minimum atomic E-state index is 1.07. The molecule has 0 aromatic carbocycles. The Labute approximate surface area is 69.8 Å². The first-order valence-electron chi connectivity index (χ1n) is 4.51. The topological polar surface area (TPSA) is 0 Å². The Morgan fingerprint density at radius 2 is 1.70 bits per heavy atom. The van der Waals surface area contributed by atoms with Gasteiger partial charge in [-0.05, 0) is 30.3 Å². The predicted octanol–water partition coefficient (Wildman–Crippen LogP) is 3.57. The van der Waals surface area contributed by atoms with Crippen LogP contribution in [0.15, 0.2) is 0 Å². The van der Waals surface area contributed by atoms with Gasteiger partial charge in [0.25, 0.3) is 0 Å². The van der Waals surface area contributed by atoms with Crippen LogP contribution in [-0.2, 0) is 0 Å². The third kappa shape index (κ3) is 4.21. The van der Waals surface area contributed by atoms with Crippen molar-refractivity contribution in [3.63, 3.8) is 0 Å². The van der Waals surface area contributed by atoms with Crippen molar-refractivity contribution in [3.05, 3.63) is 0 Å². The number of rotatable bonds is 1. The number of hydrogen-bond donors (Lipinski definition) is 0. The number of hydrogen-bond acceptors (Lipinski definition) is 1. The van der Waals surface area contributed by atoms with Crippen molar-refractivity contribution in [1.29, 1.82) is 0 Å². The minimum absolute atomic E-state index is 1.07. The second-order valence-electron chi connectivity index (χ2n) is 2.46. The zero-order chi connectivity index (χ0) is 7.82. The smallest absolute Gasteiger partial charge is 0.00649 e. The van der Waals surface area contributed by atoms with E-state index in [0.29, 0.717) is 0 Å². The van der Waals surface area contributed by atoms with Gasteiger partial charge >= 0.3 is 0 Å². The second kappa shape index (κ2) is 7.46. The highest BCUT2D eigenvalue weighted by molar-refractivity contribution is 7.99. The molecule has 0 amide bonds. The molecule has 1 heterocycles. The Hall–Kier alpha value is 0.350. The molecular weight excluding hydrogens is 140 g/mol. The van der Waals surface area contributed by atoms with E-state index in [-0.39, 0.29) is 0 Å². The average Bonchev–Trinajstić information content (AvgIpc) is 2.10. The molecule has 0 bridgehead atoms. The maximum Gasteiger partial charge on any atom is -0.00649 e. The summed E-state index contributed by atoms with van der Waals surface area (Å²) in [5, 5.41) is 0. The summed E-state index contributed by atoms with van der Waals surface area (Å²) in [6, 6.07) is 0. The Morgan fingerprint density at radius 1 is 1.20 bits per heavy atom. The van der Waals surface area contributed by atoms with Gasteiger partial charge in [-0.1, -0.05) is 27.2 Å². The summed E-state index contributed by atoms with van der Waals surface area (Å²) >= 11 is 2.11. The summed E-state index contributed by atoms with van der Waals surface area (Å²) in [5.74, 6) is 3.90. The van der Waals surface area contributed by atoms with Crippen LogP contribution in [0.4, 0.5) is 0 Å². The van der Waals surface area contributed by atoms with Crippen molar-refractivity contribution in [2.75, 3.05) is 11.5 Å². The quantitative estimate of drug-likeness (QED) is 0.565. The highest BCUT2D eigenvalue weighted by Crippen LogP contribution is 2.24. The molecule has 1 rings (SSSR count). The summed E-state index contributed by atoms with van der Waals surface area (Å²) in [6.07, 6.45) is 4.35. The molecule has 0 unspecified atom stereocenters. The third-order valence-corrected chi connectivity index (χ3v) is 2.97. The molecule has 0 N–H and O–H groups in total. The zero-order valence-electron chi connectivity index (χ0n) is 7.52. The predicted molar refractivity (Wildman–Crippen MR) is 51.7 cm³/mol. The van der Waals surface area contributed by atoms with E-state index in [1.807, 2.05) is 13.8 Å². The van der Waals surface area contributed by atoms with Crippen LogP contribution in [0.2, 0.25) is 0 Å². The van der Waals surface area contributed by atoms with E-state index in [4.69, 9.17) is 0 Å². The van der Waals surface area contributed by atoms with Crippen LogP contribution in [0.1, 0.15) is 40.0 Å². The van der Waals surface area contributed by atoms with E-state index in [2.05, 4.69) is 18.7 Å². The molecule has 1 fully saturated rings.